The van der Waals surface area contributed by atoms with E-state index >= 15 is 0 Å². The molecule has 0 aromatic carbocycles. The first-order chi connectivity index (χ1) is 32.8. The van der Waals surface area contributed by atoms with Crippen LogP contribution in [-0.2, 0) is 28.5 Å². The maximum Gasteiger partial charge on any atom is 0.306 e. The molecule has 1 aliphatic heterocycles. The molecular formula is C57H98O10. The van der Waals surface area contributed by atoms with E-state index in [0.717, 1.165) is 57.8 Å². The van der Waals surface area contributed by atoms with Gasteiger partial charge in [0.1, 0.15) is 31.0 Å². The fourth-order valence-corrected chi connectivity index (χ4v) is 7.92. The largest absolute Gasteiger partial charge is 0.462 e. The molecule has 10 heteroatoms. The molecule has 0 aliphatic carbocycles. The molecule has 1 fully saturated rings. The number of aliphatic hydroxyl groups is 4. The second kappa shape index (κ2) is 46.8. The number of rotatable bonds is 45. The van der Waals surface area contributed by atoms with Gasteiger partial charge in [-0.2, -0.15) is 0 Å². The molecule has 0 bridgehead atoms. The molecule has 0 aromatic rings. The normalized spacial score (nSPS) is 19.6. The monoisotopic (exact) mass is 943 g/mol. The van der Waals surface area contributed by atoms with Crippen molar-refractivity contribution in [3.05, 3.63) is 72.9 Å². The Hall–Kier alpha value is -2.86. The van der Waals surface area contributed by atoms with E-state index in [9.17, 15) is 30.0 Å². The van der Waals surface area contributed by atoms with Gasteiger partial charge in [-0.3, -0.25) is 9.59 Å². The number of hydrogen-bond acceptors (Lipinski definition) is 10. The summed E-state index contributed by atoms with van der Waals surface area (Å²) in [5.74, 6) is -0.900. The Balaban J connectivity index is 2.27. The molecule has 1 saturated heterocycles. The summed E-state index contributed by atoms with van der Waals surface area (Å²) in [6.07, 6.45) is 53.6. The highest BCUT2D eigenvalue weighted by molar-refractivity contribution is 5.70. The van der Waals surface area contributed by atoms with Crippen molar-refractivity contribution in [1.82, 2.24) is 0 Å². The second-order valence-electron chi connectivity index (χ2n) is 18.3. The standard InChI is InChI=1S/C57H98O10/c1-3-5-7-9-11-13-15-17-19-21-23-24-25-26-28-29-31-33-35-37-39-41-43-45-52(59)64-48-50(49-65-57-56(63)55(62)54(61)51(47-58)67-57)66-53(60)46-44-42-40-38-36-34-32-30-27-22-20-18-16-14-12-10-8-6-4-2/h6,8,12,14,18,20,27,30,34,36,40,42,50-51,54-58,61-63H,3-5,7,9-11,13,15-17,19,21-26,28-29,31-33,35,37-39,41,43-49H2,1-2H3/b8-6-,14-12-,20-18-,30-27-,36-34-,42-40-. The number of carbonyl (C=O) groups is 2. The van der Waals surface area contributed by atoms with Gasteiger partial charge < -0.3 is 39.4 Å². The van der Waals surface area contributed by atoms with Gasteiger partial charge in [0.15, 0.2) is 12.4 Å². The van der Waals surface area contributed by atoms with E-state index in [1.165, 1.54) is 128 Å². The fraction of sp³-hybridized carbons (Fsp3) is 0.754. The maximum atomic E-state index is 12.8. The summed E-state index contributed by atoms with van der Waals surface area (Å²) in [7, 11) is 0. The van der Waals surface area contributed by atoms with Gasteiger partial charge in [0, 0.05) is 12.8 Å². The molecule has 4 N–H and O–H groups in total. The van der Waals surface area contributed by atoms with Crippen molar-refractivity contribution in [2.75, 3.05) is 19.8 Å². The van der Waals surface area contributed by atoms with Crippen molar-refractivity contribution in [2.24, 2.45) is 0 Å². The predicted molar refractivity (Wildman–Crippen MR) is 274 cm³/mol. The minimum absolute atomic E-state index is 0.103. The molecule has 0 amide bonds. The molecule has 1 heterocycles. The highest BCUT2D eigenvalue weighted by Crippen LogP contribution is 2.23. The van der Waals surface area contributed by atoms with Crippen LogP contribution in [0, 0.1) is 0 Å². The first-order valence-corrected chi connectivity index (χ1v) is 27.0. The Labute approximate surface area is 408 Å². The van der Waals surface area contributed by atoms with Crippen LogP contribution in [0.5, 0.6) is 0 Å². The molecule has 67 heavy (non-hydrogen) atoms. The summed E-state index contributed by atoms with van der Waals surface area (Å²) in [6, 6.07) is 0. The summed E-state index contributed by atoms with van der Waals surface area (Å²) in [5, 5.41) is 40.2. The fourth-order valence-electron chi connectivity index (χ4n) is 7.92. The summed E-state index contributed by atoms with van der Waals surface area (Å²) >= 11 is 0. The Kier molecular flexibility index (Phi) is 43.5. The number of esters is 2. The zero-order valence-electron chi connectivity index (χ0n) is 42.4. The molecule has 1 aliphatic rings. The lowest BCUT2D eigenvalue weighted by Crippen LogP contribution is -2.59. The predicted octanol–water partition coefficient (Wildman–Crippen LogP) is 13.1. The van der Waals surface area contributed by atoms with Gasteiger partial charge in [-0.1, -0.05) is 228 Å². The summed E-state index contributed by atoms with van der Waals surface area (Å²) in [4.78, 5) is 25.5. The van der Waals surface area contributed by atoms with Crippen molar-refractivity contribution in [2.45, 2.75) is 256 Å². The lowest BCUT2D eigenvalue weighted by Gasteiger charge is -2.39. The summed E-state index contributed by atoms with van der Waals surface area (Å²) < 4.78 is 22.2. The van der Waals surface area contributed by atoms with Crippen LogP contribution in [0.15, 0.2) is 72.9 Å². The molecule has 1 rings (SSSR count). The number of ether oxygens (including phenoxy) is 4. The highest BCUT2D eigenvalue weighted by Gasteiger charge is 2.44. The van der Waals surface area contributed by atoms with Gasteiger partial charge in [0.05, 0.1) is 13.2 Å². The third kappa shape index (κ3) is 37.7. The first-order valence-electron chi connectivity index (χ1n) is 27.0. The SMILES string of the molecule is CC/C=C\C/C=C\C/C=C\C/C=C\C/C=C\C/C=C\CCC(=O)OC(COC(=O)CCCCCCCCCCCCCCCCCCCCCCCCC)COC1OC(CO)C(O)C(O)C1O. The van der Waals surface area contributed by atoms with E-state index in [1.54, 1.807) is 0 Å². The second-order valence-corrected chi connectivity index (χ2v) is 18.3. The molecule has 0 spiro atoms. The first kappa shape index (κ1) is 62.2. The average molecular weight is 943 g/mol. The van der Waals surface area contributed by atoms with E-state index in [0.29, 0.717) is 6.42 Å². The highest BCUT2D eigenvalue weighted by atomic mass is 16.7. The van der Waals surface area contributed by atoms with Crippen LogP contribution in [0.25, 0.3) is 0 Å². The van der Waals surface area contributed by atoms with Crippen molar-refractivity contribution in [3.8, 4) is 0 Å². The lowest BCUT2D eigenvalue weighted by atomic mass is 9.99. The zero-order valence-corrected chi connectivity index (χ0v) is 42.4. The number of hydrogen-bond donors (Lipinski definition) is 4. The van der Waals surface area contributed by atoms with E-state index in [2.05, 4.69) is 74.6 Å². The van der Waals surface area contributed by atoms with E-state index < -0.39 is 55.4 Å². The molecule has 0 radical (unpaired) electrons. The Morgan fingerprint density at radius 2 is 0.881 bits per heavy atom. The van der Waals surface area contributed by atoms with Crippen LogP contribution in [0.4, 0.5) is 0 Å². The van der Waals surface area contributed by atoms with Crippen LogP contribution in [0.3, 0.4) is 0 Å². The van der Waals surface area contributed by atoms with Gasteiger partial charge in [-0.25, -0.2) is 0 Å². The minimum atomic E-state index is -1.61. The van der Waals surface area contributed by atoms with E-state index in [-0.39, 0.29) is 26.1 Å². The van der Waals surface area contributed by atoms with Crippen LogP contribution >= 0.6 is 0 Å². The topological polar surface area (TPSA) is 152 Å². The molecule has 0 saturated carbocycles. The van der Waals surface area contributed by atoms with Gasteiger partial charge in [-0.15, -0.1) is 0 Å². The van der Waals surface area contributed by atoms with Crippen LogP contribution in [0.1, 0.15) is 219 Å². The number of carbonyl (C=O) groups excluding carboxylic acids is 2. The smallest absolute Gasteiger partial charge is 0.306 e. The number of aliphatic hydroxyl groups excluding tert-OH is 4. The van der Waals surface area contributed by atoms with Gasteiger partial charge in [0.2, 0.25) is 0 Å². The maximum absolute atomic E-state index is 12.8. The quantitative estimate of drug-likeness (QED) is 0.0264. The molecular weight excluding hydrogens is 845 g/mol. The van der Waals surface area contributed by atoms with Crippen LogP contribution in [0.2, 0.25) is 0 Å². The Bertz CT molecular complexity index is 1320. The molecule has 386 valence electrons. The van der Waals surface area contributed by atoms with Crippen LogP contribution in [-0.4, -0.2) is 89.0 Å². The number of unbranched alkanes of at least 4 members (excludes halogenated alkanes) is 22. The van der Waals surface area contributed by atoms with E-state index in [1.807, 2.05) is 12.2 Å². The molecule has 10 nitrogen and oxygen atoms in total. The van der Waals surface area contributed by atoms with Crippen molar-refractivity contribution >= 4 is 11.9 Å². The Morgan fingerprint density at radius 3 is 1.30 bits per heavy atom. The molecule has 6 unspecified atom stereocenters. The summed E-state index contributed by atoms with van der Waals surface area (Å²) in [6.45, 7) is 3.26. The molecule has 6 atom stereocenters. The van der Waals surface area contributed by atoms with Crippen molar-refractivity contribution in [1.29, 1.82) is 0 Å². The third-order valence-electron chi connectivity index (χ3n) is 12.1. The molecule has 0 aromatic heterocycles. The third-order valence-corrected chi connectivity index (χ3v) is 12.1. The van der Waals surface area contributed by atoms with Gasteiger partial charge >= 0.3 is 11.9 Å². The summed E-state index contributed by atoms with van der Waals surface area (Å²) in [5.41, 5.74) is 0. The lowest BCUT2D eigenvalue weighted by molar-refractivity contribution is -0.305. The average Bonchev–Trinajstić information content (AvgIpc) is 3.33. The van der Waals surface area contributed by atoms with Gasteiger partial charge in [-0.05, 0) is 51.4 Å². The van der Waals surface area contributed by atoms with Crippen molar-refractivity contribution < 1.29 is 49.0 Å². The minimum Gasteiger partial charge on any atom is -0.462 e. The van der Waals surface area contributed by atoms with Crippen LogP contribution < -0.4 is 0 Å². The number of allylic oxidation sites excluding steroid dienone is 12. The van der Waals surface area contributed by atoms with Crippen molar-refractivity contribution in [3.63, 3.8) is 0 Å². The van der Waals surface area contributed by atoms with E-state index in [4.69, 9.17) is 18.9 Å². The van der Waals surface area contributed by atoms with Gasteiger partial charge in [0.25, 0.3) is 0 Å². The zero-order chi connectivity index (χ0) is 48.7. The Morgan fingerprint density at radius 1 is 0.478 bits per heavy atom.